The van der Waals surface area contributed by atoms with Gasteiger partial charge in [0.1, 0.15) is 17.4 Å². The number of carbonyl (C=O) groups is 1. The Labute approximate surface area is 212 Å². The molecule has 1 aliphatic rings. The van der Waals surface area contributed by atoms with Crippen molar-refractivity contribution >= 4 is 28.3 Å². The number of fused-ring (bicyclic) bond motifs is 1. The smallest absolute Gasteiger partial charge is 0.229 e. The van der Waals surface area contributed by atoms with E-state index in [9.17, 15) is 22.8 Å². The van der Waals surface area contributed by atoms with Crippen LogP contribution in [0.5, 0.6) is 0 Å². The van der Waals surface area contributed by atoms with Crippen LogP contribution >= 0.6 is 0 Å². The largest absolute Gasteiger partial charge is 0.453 e. The van der Waals surface area contributed by atoms with Gasteiger partial charge in [-0.2, -0.15) is 0 Å². The van der Waals surface area contributed by atoms with Gasteiger partial charge in [0.15, 0.2) is 16.8 Å². The molecule has 198 valence electrons. The van der Waals surface area contributed by atoms with Crippen molar-refractivity contribution in [1.29, 1.82) is 0 Å². The van der Waals surface area contributed by atoms with Crippen LogP contribution < -0.4 is 16.1 Å². The topological polar surface area (TPSA) is 83.8 Å². The van der Waals surface area contributed by atoms with E-state index in [0.717, 1.165) is 31.8 Å². The van der Waals surface area contributed by atoms with Gasteiger partial charge in [0.2, 0.25) is 5.91 Å². The second-order valence-electron chi connectivity index (χ2n) is 10.0. The zero-order valence-corrected chi connectivity index (χ0v) is 21.1. The van der Waals surface area contributed by atoms with Crippen LogP contribution in [0.1, 0.15) is 27.2 Å². The number of hydrogen-bond donors (Lipinski definition) is 2. The summed E-state index contributed by atoms with van der Waals surface area (Å²) in [7, 11) is 0. The van der Waals surface area contributed by atoms with Crippen LogP contribution in [0.3, 0.4) is 0 Å². The number of anilines is 2. The fraction of sp³-hybridized carbons (Fsp3) is 0.407. The normalized spacial score (nSPS) is 14.6. The molecule has 2 heterocycles. The highest BCUT2D eigenvalue weighted by atomic mass is 19.1. The Hall–Kier alpha value is -3.37. The summed E-state index contributed by atoms with van der Waals surface area (Å²) < 4.78 is 55.0. The summed E-state index contributed by atoms with van der Waals surface area (Å²) in [6.45, 7) is 9.22. The monoisotopic (exact) mass is 517 g/mol. The first-order valence-corrected chi connectivity index (χ1v) is 12.2. The fourth-order valence-electron chi connectivity index (χ4n) is 4.00. The van der Waals surface area contributed by atoms with E-state index in [0.29, 0.717) is 32.2 Å². The maximum Gasteiger partial charge on any atom is 0.229 e. The summed E-state index contributed by atoms with van der Waals surface area (Å²) in [4.78, 5) is 27.4. The van der Waals surface area contributed by atoms with Crippen molar-refractivity contribution < 1.29 is 27.1 Å². The first-order chi connectivity index (χ1) is 17.5. The van der Waals surface area contributed by atoms with E-state index < -0.39 is 33.9 Å². The Bertz CT molecular complexity index is 1360. The van der Waals surface area contributed by atoms with Crippen LogP contribution in [0.2, 0.25) is 0 Å². The molecule has 0 spiro atoms. The Balaban J connectivity index is 1.58. The van der Waals surface area contributed by atoms with Gasteiger partial charge in [-0.1, -0.05) is 20.8 Å². The minimum absolute atomic E-state index is 0.0383. The second kappa shape index (κ2) is 10.9. The van der Waals surface area contributed by atoms with Crippen LogP contribution in [0.4, 0.5) is 24.5 Å². The molecule has 1 aromatic heterocycles. The highest BCUT2D eigenvalue weighted by molar-refractivity contribution is 5.95. The molecule has 2 N–H and O–H groups in total. The molecule has 0 aliphatic carbocycles. The molecule has 0 atom stereocenters. The number of nitrogens with zero attached hydrogens (tertiary/aromatic N) is 1. The molecule has 1 saturated heterocycles. The van der Waals surface area contributed by atoms with Gasteiger partial charge in [-0.05, 0) is 31.2 Å². The quantitative estimate of drug-likeness (QED) is 0.430. The number of ether oxygens (including phenoxy) is 1. The van der Waals surface area contributed by atoms with Gasteiger partial charge in [-0.15, -0.1) is 0 Å². The number of halogens is 3. The van der Waals surface area contributed by atoms with Gasteiger partial charge in [0.25, 0.3) is 0 Å². The molecule has 1 fully saturated rings. The first-order valence-electron chi connectivity index (χ1n) is 12.2. The average Bonchev–Trinajstić information content (AvgIpc) is 2.84. The molecule has 4 rings (SSSR count). The van der Waals surface area contributed by atoms with E-state index in [4.69, 9.17) is 9.15 Å². The number of morpholine rings is 1. The predicted molar refractivity (Wildman–Crippen MR) is 136 cm³/mol. The van der Waals surface area contributed by atoms with Crippen molar-refractivity contribution in [1.82, 2.24) is 4.90 Å². The number of amides is 1. The maximum atomic E-state index is 14.7. The molecule has 0 radical (unpaired) electrons. The minimum Gasteiger partial charge on any atom is -0.453 e. The minimum atomic E-state index is -1.04. The van der Waals surface area contributed by atoms with Gasteiger partial charge in [-0.3, -0.25) is 14.5 Å². The van der Waals surface area contributed by atoms with Crippen LogP contribution in [0, 0.1) is 22.9 Å². The van der Waals surface area contributed by atoms with Crippen molar-refractivity contribution in [3.63, 3.8) is 0 Å². The molecule has 1 amide bonds. The lowest BCUT2D eigenvalue weighted by atomic mass is 9.95. The van der Waals surface area contributed by atoms with Crippen LogP contribution in [0.25, 0.3) is 22.3 Å². The summed E-state index contributed by atoms with van der Waals surface area (Å²) in [5, 5.41) is 5.17. The van der Waals surface area contributed by atoms with E-state index in [1.165, 1.54) is 12.1 Å². The van der Waals surface area contributed by atoms with Crippen molar-refractivity contribution in [2.45, 2.75) is 27.2 Å². The average molecular weight is 518 g/mol. The summed E-state index contributed by atoms with van der Waals surface area (Å²) in [5.41, 5.74) is -1.83. The fourth-order valence-corrected chi connectivity index (χ4v) is 4.00. The molecule has 7 nitrogen and oxygen atoms in total. The third kappa shape index (κ3) is 6.14. The molecule has 10 heteroatoms. The lowest BCUT2D eigenvalue weighted by molar-refractivity contribution is -0.123. The van der Waals surface area contributed by atoms with Crippen molar-refractivity contribution in [2.24, 2.45) is 5.41 Å². The molecule has 3 aromatic rings. The molecular formula is C27H30F3N3O4. The maximum absolute atomic E-state index is 14.7. The van der Waals surface area contributed by atoms with E-state index >= 15 is 0 Å². The number of benzene rings is 2. The molecule has 1 aliphatic heterocycles. The van der Waals surface area contributed by atoms with E-state index in [1.54, 1.807) is 20.8 Å². The van der Waals surface area contributed by atoms with Crippen molar-refractivity contribution in [2.75, 3.05) is 50.0 Å². The van der Waals surface area contributed by atoms with Gasteiger partial charge in [-0.25, -0.2) is 13.2 Å². The first kappa shape index (κ1) is 26.7. The third-order valence-electron chi connectivity index (χ3n) is 6.15. The number of carbonyl (C=O) groups excluding carboxylic acids is 1. The van der Waals surface area contributed by atoms with Crippen molar-refractivity contribution in [3.8, 4) is 11.3 Å². The molecule has 2 aromatic carbocycles. The number of rotatable bonds is 7. The molecular weight excluding hydrogens is 487 g/mol. The van der Waals surface area contributed by atoms with Crippen LogP contribution in [0.15, 0.2) is 39.5 Å². The molecule has 0 saturated carbocycles. The van der Waals surface area contributed by atoms with Crippen molar-refractivity contribution in [3.05, 3.63) is 58.0 Å². The lowest BCUT2D eigenvalue weighted by Gasteiger charge is -2.26. The highest BCUT2D eigenvalue weighted by Crippen LogP contribution is 2.31. The van der Waals surface area contributed by atoms with Gasteiger partial charge in [0, 0.05) is 42.7 Å². The van der Waals surface area contributed by atoms with E-state index in [2.05, 4.69) is 15.5 Å². The third-order valence-corrected chi connectivity index (χ3v) is 6.15. The molecule has 0 bridgehead atoms. The number of hydrogen-bond acceptors (Lipinski definition) is 6. The lowest BCUT2D eigenvalue weighted by Crippen LogP contribution is -2.37. The highest BCUT2D eigenvalue weighted by Gasteiger charge is 2.23. The second-order valence-corrected chi connectivity index (χ2v) is 10.0. The Kier molecular flexibility index (Phi) is 7.89. The van der Waals surface area contributed by atoms with E-state index in [1.807, 2.05) is 0 Å². The summed E-state index contributed by atoms with van der Waals surface area (Å²) in [5.74, 6) is -3.15. The van der Waals surface area contributed by atoms with Gasteiger partial charge < -0.3 is 19.8 Å². The Morgan fingerprint density at radius 2 is 1.76 bits per heavy atom. The zero-order valence-electron chi connectivity index (χ0n) is 21.1. The SMILES string of the molecule is CC(C)(C)C(=O)Nc1ccc(-c2cc(=O)c3c(NCCCN4CCOCC4)c(F)cc(F)c3o2)cc1F. The zero-order chi connectivity index (χ0) is 26.7. The van der Waals surface area contributed by atoms with Gasteiger partial charge in [0.05, 0.1) is 30.0 Å². The Morgan fingerprint density at radius 1 is 1.03 bits per heavy atom. The predicted octanol–water partition coefficient (Wildman–Crippen LogP) is 5.00. The van der Waals surface area contributed by atoms with Crippen LogP contribution in [-0.4, -0.2) is 50.2 Å². The number of nitrogens with one attached hydrogen (secondary N) is 2. The van der Waals surface area contributed by atoms with E-state index in [-0.39, 0.29) is 34.0 Å². The summed E-state index contributed by atoms with van der Waals surface area (Å²) in [6.07, 6.45) is 0.680. The Morgan fingerprint density at radius 3 is 2.43 bits per heavy atom. The molecule has 0 unspecified atom stereocenters. The molecule has 37 heavy (non-hydrogen) atoms. The van der Waals surface area contributed by atoms with Gasteiger partial charge >= 0.3 is 0 Å². The summed E-state index contributed by atoms with van der Waals surface area (Å²) >= 11 is 0. The van der Waals surface area contributed by atoms with Crippen LogP contribution in [-0.2, 0) is 9.53 Å². The standard InChI is InChI=1S/C27H30F3N3O4/c1-27(2,3)26(35)32-20-6-5-16(13-17(20)28)22-15-21(34)23-24(18(29)14-19(30)25(23)37-22)31-7-4-8-33-9-11-36-12-10-33/h5-6,13-15,31H,4,7-12H2,1-3H3,(H,32,35). The summed E-state index contributed by atoms with van der Waals surface area (Å²) in [6, 6.07) is 5.58.